The van der Waals surface area contributed by atoms with Gasteiger partial charge in [0.05, 0.1) is 0 Å². The summed E-state index contributed by atoms with van der Waals surface area (Å²) < 4.78 is 0. The molecule has 0 aromatic heterocycles. The number of nitrogens with zero attached hydrogens (tertiary/aromatic N) is 1. The average Bonchev–Trinajstić information content (AvgIpc) is 2.96. The van der Waals surface area contributed by atoms with Crippen molar-refractivity contribution in [2.45, 2.75) is 51.1 Å². The van der Waals surface area contributed by atoms with Gasteiger partial charge in [-0.05, 0) is 46.1 Å². The maximum atomic E-state index is 3.75. The van der Waals surface area contributed by atoms with E-state index in [4.69, 9.17) is 0 Å². The van der Waals surface area contributed by atoms with Crippen molar-refractivity contribution in [2.24, 2.45) is 5.92 Å². The molecule has 2 heteroatoms. The maximum absolute atomic E-state index is 3.75. The lowest BCUT2D eigenvalue weighted by molar-refractivity contribution is 0.0270. The number of nitrogens with one attached hydrogen (secondary N) is 1. The van der Waals surface area contributed by atoms with Gasteiger partial charge in [0.25, 0.3) is 0 Å². The molecular weight excluding hydrogens is 172 g/mol. The molecule has 1 saturated heterocycles. The van der Waals surface area contributed by atoms with Gasteiger partial charge in [-0.15, -0.1) is 0 Å². The Morgan fingerprint density at radius 1 is 1.36 bits per heavy atom. The van der Waals surface area contributed by atoms with Crippen molar-refractivity contribution in [1.82, 2.24) is 10.2 Å². The van der Waals surface area contributed by atoms with E-state index < -0.39 is 0 Å². The van der Waals surface area contributed by atoms with Crippen LogP contribution in [0.4, 0.5) is 0 Å². The number of hydrogen-bond acceptors (Lipinski definition) is 2. The number of hydrogen-bond donors (Lipinski definition) is 1. The summed E-state index contributed by atoms with van der Waals surface area (Å²) in [6, 6.07) is 0. The fourth-order valence-electron chi connectivity index (χ4n) is 2.69. The van der Waals surface area contributed by atoms with Gasteiger partial charge in [-0.1, -0.05) is 6.92 Å². The quantitative estimate of drug-likeness (QED) is 0.725. The first-order chi connectivity index (χ1) is 6.50. The minimum absolute atomic E-state index is 0.336. The molecule has 0 amide bonds. The first kappa shape index (κ1) is 10.4. The van der Waals surface area contributed by atoms with E-state index in [-0.39, 0.29) is 0 Å². The number of rotatable bonds is 2. The van der Waals surface area contributed by atoms with Crippen molar-refractivity contribution in [2.75, 3.05) is 20.1 Å². The lowest BCUT2D eigenvalue weighted by Gasteiger charge is -2.51. The molecule has 1 saturated carbocycles. The molecule has 14 heavy (non-hydrogen) atoms. The molecule has 0 aromatic rings. The normalized spacial score (nSPS) is 45.4. The molecule has 2 aliphatic rings. The highest BCUT2D eigenvalue weighted by atomic mass is 15.3. The average molecular weight is 196 g/mol. The SMILES string of the molecule is CCC1(C)CN(C)C(C)(C2CC2)CN1. The summed E-state index contributed by atoms with van der Waals surface area (Å²) in [5.74, 6) is 0.946. The third-order valence-corrected chi connectivity index (χ3v) is 4.57. The summed E-state index contributed by atoms with van der Waals surface area (Å²) in [6.07, 6.45) is 4.09. The van der Waals surface area contributed by atoms with Gasteiger partial charge in [-0.2, -0.15) is 0 Å². The van der Waals surface area contributed by atoms with Crippen LogP contribution in [0.1, 0.15) is 40.0 Å². The predicted octanol–water partition coefficient (Wildman–Crippen LogP) is 1.86. The molecule has 2 atom stereocenters. The molecule has 0 radical (unpaired) electrons. The van der Waals surface area contributed by atoms with E-state index in [9.17, 15) is 0 Å². The second kappa shape index (κ2) is 3.21. The van der Waals surface area contributed by atoms with E-state index in [2.05, 4.69) is 38.0 Å². The molecule has 1 heterocycles. The third kappa shape index (κ3) is 1.59. The largest absolute Gasteiger partial charge is 0.308 e. The summed E-state index contributed by atoms with van der Waals surface area (Å²) in [6.45, 7) is 9.40. The smallest absolute Gasteiger partial charge is 0.0331 e. The number of piperazine rings is 1. The first-order valence-corrected chi connectivity index (χ1v) is 5.96. The van der Waals surface area contributed by atoms with Crippen molar-refractivity contribution in [3.8, 4) is 0 Å². The molecule has 0 spiro atoms. The summed E-state index contributed by atoms with van der Waals surface area (Å²) in [5.41, 5.74) is 0.762. The Hall–Kier alpha value is -0.0800. The highest BCUT2D eigenvalue weighted by Gasteiger charge is 2.48. The Bertz CT molecular complexity index is 224. The Labute approximate surface area is 88.1 Å². The highest BCUT2D eigenvalue weighted by Crippen LogP contribution is 2.44. The maximum Gasteiger partial charge on any atom is 0.0331 e. The van der Waals surface area contributed by atoms with Gasteiger partial charge in [0.15, 0.2) is 0 Å². The molecule has 82 valence electrons. The molecule has 2 fully saturated rings. The standard InChI is InChI=1S/C12H24N2/c1-5-11(2)9-14(4)12(3,8-13-11)10-6-7-10/h10,13H,5-9H2,1-4H3. The Balaban J connectivity index is 2.06. The van der Waals surface area contributed by atoms with Gasteiger partial charge in [-0.25, -0.2) is 0 Å². The van der Waals surface area contributed by atoms with E-state index in [0.29, 0.717) is 11.1 Å². The molecule has 1 aliphatic carbocycles. The van der Waals surface area contributed by atoms with Crippen molar-refractivity contribution in [3.63, 3.8) is 0 Å². The molecule has 2 nitrogen and oxygen atoms in total. The van der Waals surface area contributed by atoms with Gasteiger partial charge < -0.3 is 5.32 Å². The van der Waals surface area contributed by atoms with Crippen LogP contribution in [0.5, 0.6) is 0 Å². The van der Waals surface area contributed by atoms with Crippen molar-refractivity contribution in [1.29, 1.82) is 0 Å². The van der Waals surface area contributed by atoms with E-state index in [1.165, 1.54) is 32.4 Å². The fraction of sp³-hybridized carbons (Fsp3) is 1.00. The second-order valence-electron chi connectivity index (χ2n) is 5.76. The second-order valence-corrected chi connectivity index (χ2v) is 5.76. The van der Waals surface area contributed by atoms with Gasteiger partial charge in [0, 0.05) is 24.2 Å². The van der Waals surface area contributed by atoms with Crippen molar-refractivity contribution < 1.29 is 0 Å². The van der Waals surface area contributed by atoms with E-state index in [0.717, 1.165) is 5.92 Å². The lowest BCUT2D eigenvalue weighted by atomic mass is 9.85. The lowest BCUT2D eigenvalue weighted by Crippen LogP contribution is -2.67. The summed E-state index contributed by atoms with van der Waals surface area (Å²) in [7, 11) is 2.30. The minimum atomic E-state index is 0.336. The van der Waals surface area contributed by atoms with Crippen LogP contribution in [0, 0.1) is 5.92 Å². The van der Waals surface area contributed by atoms with E-state index in [1.54, 1.807) is 0 Å². The highest BCUT2D eigenvalue weighted by molar-refractivity contribution is 5.06. The molecule has 2 rings (SSSR count). The fourth-order valence-corrected chi connectivity index (χ4v) is 2.69. The predicted molar refractivity (Wildman–Crippen MR) is 60.5 cm³/mol. The Kier molecular flexibility index (Phi) is 2.39. The van der Waals surface area contributed by atoms with Crippen molar-refractivity contribution >= 4 is 0 Å². The summed E-state index contributed by atoms with van der Waals surface area (Å²) >= 11 is 0. The first-order valence-electron chi connectivity index (χ1n) is 5.96. The molecule has 1 aliphatic heterocycles. The van der Waals surface area contributed by atoms with Crippen LogP contribution in [-0.4, -0.2) is 36.1 Å². The van der Waals surface area contributed by atoms with Crippen LogP contribution >= 0.6 is 0 Å². The van der Waals surface area contributed by atoms with Crippen LogP contribution in [-0.2, 0) is 0 Å². The number of likely N-dealkylation sites (N-methyl/N-ethyl adjacent to an activating group) is 1. The monoisotopic (exact) mass is 196 g/mol. The minimum Gasteiger partial charge on any atom is -0.308 e. The molecule has 0 bridgehead atoms. The zero-order valence-electron chi connectivity index (χ0n) is 10.1. The van der Waals surface area contributed by atoms with Crippen LogP contribution in [0.15, 0.2) is 0 Å². The summed E-state index contributed by atoms with van der Waals surface area (Å²) in [4.78, 5) is 2.59. The Morgan fingerprint density at radius 2 is 2.00 bits per heavy atom. The Morgan fingerprint density at radius 3 is 2.43 bits per heavy atom. The van der Waals surface area contributed by atoms with Crippen LogP contribution in [0.3, 0.4) is 0 Å². The summed E-state index contributed by atoms with van der Waals surface area (Å²) in [5, 5.41) is 3.75. The zero-order chi connectivity index (χ0) is 10.4. The molecule has 1 N–H and O–H groups in total. The van der Waals surface area contributed by atoms with E-state index >= 15 is 0 Å². The van der Waals surface area contributed by atoms with Crippen LogP contribution in [0.25, 0.3) is 0 Å². The molecular formula is C12H24N2. The zero-order valence-corrected chi connectivity index (χ0v) is 10.1. The van der Waals surface area contributed by atoms with Crippen LogP contribution < -0.4 is 5.32 Å². The third-order valence-electron chi connectivity index (χ3n) is 4.57. The molecule has 2 unspecified atom stereocenters. The van der Waals surface area contributed by atoms with Crippen molar-refractivity contribution in [3.05, 3.63) is 0 Å². The van der Waals surface area contributed by atoms with Gasteiger partial charge in [0.2, 0.25) is 0 Å². The topological polar surface area (TPSA) is 15.3 Å². The van der Waals surface area contributed by atoms with E-state index in [1.807, 2.05) is 0 Å². The van der Waals surface area contributed by atoms with Gasteiger partial charge in [0.1, 0.15) is 0 Å². The van der Waals surface area contributed by atoms with Crippen LogP contribution in [0.2, 0.25) is 0 Å². The molecule has 0 aromatic carbocycles. The van der Waals surface area contributed by atoms with Gasteiger partial charge >= 0.3 is 0 Å². The van der Waals surface area contributed by atoms with Gasteiger partial charge in [-0.3, -0.25) is 4.90 Å².